The Morgan fingerprint density at radius 3 is 2.42 bits per heavy atom. The quantitative estimate of drug-likeness (QED) is 0.807. The number of morpholine rings is 1. The van der Waals surface area contributed by atoms with Gasteiger partial charge in [0, 0.05) is 19.1 Å². The highest BCUT2D eigenvalue weighted by molar-refractivity contribution is 7.89. The third kappa shape index (κ3) is 4.55. The van der Waals surface area contributed by atoms with E-state index in [2.05, 4.69) is 5.32 Å². The number of hydrogen-bond donors (Lipinski definition) is 1. The Kier molecular flexibility index (Phi) is 6.16. The van der Waals surface area contributed by atoms with E-state index in [0.717, 1.165) is 25.7 Å². The Morgan fingerprint density at radius 1 is 1.19 bits per heavy atom. The van der Waals surface area contributed by atoms with Crippen molar-refractivity contribution in [1.29, 1.82) is 0 Å². The molecule has 1 atom stereocenters. The minimum atomic E-state index is -3.52. The van der Waals surface area contributed by atoms with Gasteiger partial charge in [-0.05, 0) is 44.0 Å². The van der Waals surface area contributed by atoms with E-state index in [4.69, 9.17) is 9.47 Å². The maximum Gasteiger partial charge on any atom is 0.260 e. The van der Waals surface area contributed by atoms with Crippen LogP contribution in [-0.4, -0.2) is 57.1 Å². The number of benzene rings is 1. The molecule has 8 heteroatoms. The number of carbonyl (C=O) groups is 1. The van der Waals surface area contributed by atoms with Crippen LogP contribution in [0.3, 0.4) is 0 Å². The number of sulfonamides is 1. The molecule has 0 bridgehead atoms. The normalized spacial score (nSPS) is 20.7. The fourth-order valence-electron chi connectivity index (χ4n) is 3.27. The first-order valence-electron chi connectivity index (χ1n) is 9.12. The van der Waals surface area contributed by atoms with Crippen molar-refractivity contribution in [3.63, 3.8) is 0 Å². The lowest BCUT2D eigenvalue weighted by molar-refractivity contribution is -0.127. The Bertz CT molecular complexity index is 708. The summed E-state index contributed by atoms with van der Waals surface area (Å²) in [5.74, 6) is 0.335. The van der Waals surface area contributed by atoms with Crippen molar-refractivity contribution in [1.82, 2.24) is 9.62 Å². The molecule has 1 aromatic rings. The molecule has 1 aromatic carbocycles. The van der Waals surface area contributed by atoms with Gasteiger partial charge < -0.3 is 14.8 Å². The number of nitrogens with one attached hydrogen (secondary N) is 1. The van der Waals surface area contributed by atoms with Crippen LogP contribution in [0.1, 0.15) is 32.6 Å². The second kappa shape index (κ2) is 8.37. The Labute approximate surface area is 154 Å². The number of rotatable bonds is 6. The molecule has 26 heavy (non-hydrogen) atoms. The van der Waals surface area contributed by atoms with E-state index in [1.54, 1.807) is 19.1 Å². The molecule has 1 saturated heterocycles. The lowest BCUT2D eigenvalue weighted by Gasteiger charge is -2.26. The van der Waals surface area contributed by atoms with Crippen LogP contribution in [0.5, 0.6) is 5.75 Å². The van der Waals surface area contributed by atoms with Gasteiger partial charge in [0.25, 0.3) is 5.91 Å². The van der Waals surface area contributed by atoms with E-state index in [1.807, 2.05) is 0 Å². The standard InChI is InChI=1S/C18H26N2O5S/c1-14(18(21)19-15-4-2-3-5-15)25-16-6-8-17(9-7-16)26(22,23)20-10-12-24-13-11-20/h6-9,14-15H,2-5,10-13H2,1H3,(H,19,21)/t14-/m1/s1. The molecule has 0 spiro atoms. The van der Waals surface area contributed by atoms with Gasteiger partial charge in [0.2, 0.25) is 10.0 Å². The zero-order chi connectivity index (χ0) is 18.6. The minimum absolute atomic E-state index is 0.137. The SMILES string of the molecule is C[C@@H](Oc1ccc(S(=O)(=O)N2CCOCC2)cc1)C(=O)NC1CCCC1. The van der Waals surface area contributed by atoms with Gasteiger partial charge in [-0.3, -0.25) is 4.79 Å². The van der Waals surface area contributed by atoms with E-state index in [-0.39, 0.29) is 16.8 Å². The predicted octanol–water partition coefficient (Wildman–Crippen LogP) is 1.53. The van der Waals surface area contributed by atoms with Crippen LogP contribution in [0, 0.1) is 0 Å². The average molecular weight is 382 g/mol. The van der Waals surface area contributed by atoms with Gasteiger partial charge in [-0.15, -0.1) is 0 Å². The van der Waals surface area contributed by atoms with Crippen molar-refractivity contribution in [3.8, 4) is 5.75 Å². The first-order valence-corrected chi connectivity index (χ1v) is 10.6. The van der Waals surface area contributed by atoms with Crippen molar-refractivity contribution in [3.05, 3.63) is 24.3 Å². The zero-order valence-electron chi connectivity index (χ0n) is 15.0. The van der Waals surface area contributed by atoms with Crippen LogP contribution in [0.2, 0.25) is 0 Å². The summed E-state index contributed by atoms with van der Waals surface area (Å²) < 4.78 is 37.5. The summed E-state index contributed by atoms with van der Waals surface area (Å²) in [7, 11) is -3.52. The van der Waals surface area contributed by atoms with E-state index in [1.165, 1.54) is 16.4 Å². The van der Waals surface area contributed by atoms with Crippen LogP contribution in [0.25, 0.3) is 0 Å². The summed E-state index contributed by atoms with van der Waals surface area (Å²) in [6, 6.07) is 6.46. The van der Waals surface area contributed by atoms with Gasteiger partial charge in [0.05, 0.1) is 18.1 Å². The van der Waals surface area contributed by atoms with Gasteiger partial charge in [0.1, 0.15) is 5.75 Å². The van der Waals surface area contributed by atoms with Crippen LogP contribution in [0.4, 0.5) is 0 Å². The first-order chi connectivity index (χ1) is 12.5. The summed E-state index contributed by atoms with van der Waals surface area (Å²) in [6.07, 6.45) is 3.72. The fraction of sp³-hybridized carbons (Fsp3) is 0.611. The molecule has 1 N–H and O–H groups in total. The molecule has 0 radical (unpaired) electrons. The molecule has 0 aromatic heterocycles. The monoisotopic (exact) mass is 382 g/mol. The van der Waals surface area contributed by atoms with E-state index < -0.39 is 16.1 Å². The van der Waals surface area contributed by atoms with Crippen LogP contribution >= 0.6 is 0 Å². The molecule has 1 aliphatic carbocycles. The van der Waals surface area contributed by atoms with Crippen molar-refractivity contribution in [2.24, 2.45) is 0 Å². The number of nitrogens with zero attached hydrogens (tertiary/aromatic N) is 1. The fourth-order valence-corrected chi connectivity index (χ4v) is 4.68. The molecule has 1 amide bonds. The second-order valence-corrected chi connectivity index (χ2v) is 8.68. The predicted molar refractivity (Wildman–Crippen MR) is 96.5 cm³/mol. The zero-order valence-corrected chi connectivity index (χ0v) is 15.8. The maximum atomic E-state index is 12.6. The Hall–Kier alpha value is -1.64. The third-order valence-corrected chi connectivity index (χ3v) is 6.73. The average Bonchev–Trinajstić information content (AvgIpc) is 3.16. The van der Waals surface area contributed by atoms with E-state index in [9.17, 15) is 13.2 Å². The maximum absolute atomic E-state index is 12.6. The highest BCUT2D eigenvalue weighted by atomic mass is 32.2. The molecule has 7 nitrogen and oxygen atoms in total. The first kappa shape index (κ1) is 19.1. The van der Waals surface area contributed by atoms with Crippen LogP contribution in [-0.2, 0) is 19.6 Å². The number of amides is 1. The molecule has 2 fully saturated rings. The molecule has 2 aliphatic rings. The van der Waals surface area contributed by atoms with Gasteiger partial charge in [-0.2, -0.15) is 4.31 Å². The van der Waals surface area contributed by atoms with Crippen molar-refractivity contribution >= 4 is 15.9 Å². The largest absolute Gasteiger partial charge is 0.481 e. The minimum Gasteiger partial charge on any atom is -0.481 e. The molecule has 1 heterocycles. The van der Waals surface area contributed by atoms with Gasteiger partial charge in [-0.1, -0.05) is 12.8 Å². The number of hydrogen-bond acceptors (Lipinski definition) is 5. The topological polar surface area (TPSA) is 84.9 Å². The highest BCUT2D eigenvalue weighted by Crippen LogP contribution is 2.22. The van der Waals surface area contributed by atoms with Crippen molar-refractivity contribution < 1.29 is 22.7 Å². The molecule has 1 saturated carbocycles. The van der Waals surface area contributed by atoms with Gasteiger partial charge >= 0.3 is 0 Å². The molecule has 0 unspecified atom stereocenters. The summed E-state index contributed by atoms with van der Waals surface area (Å²) in [6.45, 7) is 3.24. The summed E-state index contributed by atoms with van der Waals surface area (Å²) >= 11 is 0. The number of carbonyl (C=O) groups excluding carboxylic acids is 1. The number of ether oxygens (including phenoxy) is 2. The molecular formula is C18H26N2O5S. The van der Waals surface area contributed by atoms with Crippen LogP contribution in [0.15, 0.2) is 29.2 Å². The van der Waals surface area contributed by atoms with Crippen LogP contribution < -0.4 is 10.1 Å². The second-order valence-electron chi connectivity index (χ2n) is 6.74. The highest BCUT2D eigenvalue weighted by Gasteiger charge is 2.26. The molecule has 144 valence electrons. The summed E-state index contributed by atoms with van der Waals surface area (Å²) in [5, 5.41) is 3.00. The molecular weight excluding hydrogens is 356 g/mol. The van der Waals surface area contributed by atoms with E-state index >= 15 is 0 Å². The lowest BCUT2D eigenvalue weighted by atomic mass is 10.2. The van der Waals surface area contributed by atoms with E-state index in [0.29, 0.717) is 32.1 Å². The Morgan fingerprint density at radius 2 is 1.81 bits per heavy atom. The smallest absolute Gasteiger partial charge is 0.260 e. The molecule has 3 rings (SSSR count). The van der Waals surface area contributed by atoms with Crippen molar-refractivity contribution in [2.75, 3.05) is 26.3 Å². The third-order valence-electron chi connectivity index (χ3n) is 4.82. The summed E-state index contributed by atoms with van der Waals surface area (Å²) in [5.41, 5.74) is 0. The van der Waals surface area contributed by atoms with Crippen molar-refractivity contribution in [2.45, 2.75) is 49.6 Å². The van der Waals surface area contributed by atoms with Gasteiger partial charge in [-0.25, -0.2) is 8.42 Å². The lowest BCUT2D eigenvalue weighted by Crippen LogP contribution is -2.41. The Balaban J connectivity index is 1.59. The summed E-state index contributed by atoms with van der Waals surface area (Å²) in [4.78, 5) is 12.4. The molecule has 1 aliphatic heterocycles. The van der Waals surface area contributed by atoms with Gasteiger partial charge in [0.15, 0.2) is 6.10 Å².